The molecule has 0 aliphatic carbocycles. The number of halogens is 3. The Kier molecular flexibility index (Phi) is 6.79. The minimum atomic E-state index is -0.300. The van der Waals surface area contributed by atoms with Crippen LogP contribution in [0, 0.1) is 0 Å². The summed E-state index contributed by atoms with van der Waals surface area (Å²) >= 11 is 18.8. The lowest BCUT2D eigenvalue weighted by Gasteiger charge is -2.26. The SMILES string of the molecule is CCc1c(C(=O)NN2CCOCC2)nc(-c2ccc(Cl)cc2Cl)n1-c1cc(Cl)ccn1. The van der Waals surface area contributed by atoms with Crippen LogP contribution >= 0.6 is 34.8 Å². The molecule has 0 bridgehead atoms. The molecule has 1 aromatic carbocycles. The van der Waals surface area contributed by atoms with Gasteiger partial charge in [-0.05, 0) is 30.7 Å². The van der Waals surface area contributed by atoms with Gasteiger partial charge in [0.1, 0.15) is 11.6 Å². The topological polar surface area (TPSA) is 72.3 Å². The number of amides is 1. The summed E-state index contributed by atoms with van der Waals surface area (Å²) in [4.78, 5) is 22.3. The Morgan fingerprint density at radius 3 is 2.55 bits per heavy atom. The molecular formula is C21H20Cl3N5O2. The van der Waals surface area contributed by atoms with Crippen molar-refractivity contribution in [1.29, 1.82) is 0 Å². The third-order valence-corrected chi connectivity index (χ3v) is 5.69. The van der Waals surface area contributed by atoms with E-state index in [0.29, 0.717) is 76.4 Å². The predicted molar refractivity (Wildman–Crippen MR) is 121 cm³/mol. The standard InChI is InChI=1S/C21H20Cl3N5O2/c1-2-17-19(21(30)27-28-7-9-31-10-8-28)26-20(15-4-3-13(22)11-16(15)24)29(17)18-12-14(23)5-6-25-18/h3-6,11-12H,2,7-10H2,1H3,(H,27,30). The molecule has 1 aliphatic rings. The van der Waals surface area contributed by atoms with Gasteiger partial charge in [-0.15, -0.1) is 0 Å². The first-order valence-electron chi connectivity index (χ1n) is 9.80. The molecule has 1 amide bonds. The van der Waals surface area contributed by atoms with Crippen LogP contribution in [0.1, 0.15) is 23.1 Å². The Hall–Kier alpha value is -2.16. The number of hydrogen-bond acceptors (Lipinski definition) is 5. The first-order valence-corrected chi connectivity index (χ1v) is 10.9. The number of benzene rings is 1. The van der Waals surface area contributed by atoms with Gasteiger partial charge in [-0.3, -0.25) is 14.8 Å². The Bertz CT molecular complexity index is 1110. The summed E-state index contributed by atoms with van der Waals surface area (Å²) in [6.07, 6.45) is 2.15. The highest BCUT2D eigenvalue weighted by atomic mass is 35.5. The lowest BCUT2D eigenvalue weighted by atomic mass is 10.2. The van der Waals surface area contributed by atoms with Gasteiger partial charge in [0.05, 0.1) is 23.9 Å². The maximum absolute atomic E-state index is 13.2. The maximum Gasteiger partial charge on any atom is 0.286 e. The fourth-order valence-corrected chi connectivity index (χ4v) is 4.09. The fraction of sp³-hybridized carbons (Fsp3) is 0.286. The van der Waals surface area contributed by atoms with Crippen LogP contribution in [0.5, 0.6) is 0 Å². The van der Waals surface area contributed by atoms with Crippen molar-refractivity contribution in [2.45, 2.75) is 13.3 Å². The van der Waals surface area contributed by atoms with Gasteiger partial charge >= 0.3 is 0 Å². The molecule has 10 heteroatoms. The number of nitrogens with zero attached hydrogens (tertiary/aromatic N) is 4. The highest BCUT2D eigenvalue weighted by Gasteiger charge is 2.26. The van der Waals surface area contributed by atoms with Crippen LogP contribution in [-0.4, -0.2) is 51.8 Å². The number of carbonyl (C=O) groups is 1. The highest BCUT2D eigenvalue weighted by molar-refractivity contribution is 6.36. The summed E-state index contributed by atoms with van der Waals surface area (Å²) in [6, 6.07) is 8.55. The molecule has 0 atom stereocenters. The highest BCUT2D eigenvalue weighted by Crippen LogP contribution is 2.33. The van der Waals surface area contributed by atoms with Crippen molar-refractivity contribution in [2.24, 2.45) is 0 Å². The van der Waals surface area contributed by atoms with Crippen molar-refractivity contribution in [3.05, 3.63) is 63.0 Å². The minimum Gasteiger partial charge on any atom is -0.379 e. The van der Waals surface area contributed by atoms with Gasteiger partial charge in [0.2, 0.25) is 0 Å². The third-order valence-electron chi connectivity index (χ3n) is 4.90. The van der Waals surface area contributed by atoms with Crippen LogP contribution in [0.2, 0.25) is 15.1 Å². The molecule has 31 heavy (non-hydrogen) atoms. The zero-order valence-electron chi connectivity index (χ0n) is 16.7. The van der Waals surface area contributed by atoms with Crippen LogP contribution in [0.3, 0.4) is 0 Å². The van der Waals surface area contributed by atoms with Gasteiger partial charge in [-0.1, -0.05) is 41.7 Å². The van der Waals surface area contributed by atoms with E-state index >= 15 is 0 Å². The van der Waals surface area contributed by atoms with Crippen LogP contribution in [0.25, 0.3) is 17.2 Å². The zero-order valence-corrected chi connectivity index (χ0v) is 19.0. The number of imidazole rings is 1. The van der Waals surface area contributed by atoms with Crippen LogP contribution in [-0.2, 0) is 11.2 Å². The smallest absolute Gasteiger partial charge is 0.286 e. The third kappa shape index (κ3) is 4.71. The summed E-state index contributed by atoms with van der Waals surface area (Å²) in [7, 11) is 0. The first-order chi connectivity index (χ1) is 15.0. The summed E-state index contributed by atoms with van der Waals surface area (Å²) < 4.78 is 7.16. The van der Waals surface area contributed by atoms with Crippen molar-refractivity contribution in [2.75, 3.05) is 26.3 Å². The van der Waals surface area contributed by atoms with E-state index in [0.717, 1.165) is 0 Å². The molecule has 0 saturated carbocycles. The number of carbonyl (C=O) groups excluding carboxylic acids is 1. The van der Waals surface area contributed by atoms with E-state index in [1.807, 2.05) is 16.5 Å². The second kappa shape index (κ2) is 9.54. The molecule has 1 N–H and O–H groups in total. The normalized spacial score (nSPS) is 14.6. The second-order valence-electron chi connectivity index (χ2n) is 6.92. The van der Waals surface area contributed by atoms with Gasteiger partial charge < -0.3 is 4.74 Å². The molecule has 0 spiro atoms. The Labute approximate surface area is 194 Å². The predicted octanol–water partition coefficient (Wildman–Crippen LogP) is 4.43. The molecule has 1 fully saturated rings. The van der Waals surface area contributed by atoms with Gasteiger partial charge in [0.15, 0.2) is 5.69 Å². The molecule has 3 heterocycles. The lowest BCUT2D eigenvalue weighted by Crippen LogP contribution is -2.48. The molecule has 3 aromatic rings. The largest absolute Gasteiger partial charge is 0.379 e. The van der Waals surface area contributed by atoms with Crippen molar-refractivity contribution in [3.63, 3.8) is 0 Å². The van der Waals surface area contributed by atoms with Crippen molar-refractivity contribution in [3.8, 4) is 17.2 Å². The average Bonchev–Trinajstić information content (AvgIpc) is 3.14. The van der Waals surface area contributed by atoms with Crippen LogP contribution in [0.15, 0.2) is 36.5 Å². The van der Waals surface area contributed by atoms with Gasteiger partial charge in [-0.2, -0.15) is 0 Å². The van der Waals surface area contributed by atoms with E-state index in [4.69, 9.17) is 44.5 Å². The average molecular weight is 481 g/mol. The molecule has 1 saturated heterocycles. The molecule has 0 unspecified atom stereocenters. The number of rotatable bonds is 5. The van der Waals surface area contributed by atoms with Gasteiger partial charge in [-0.25, -0.2) is 15.0 Å². The second-order valence-corrected chi connectivity index (χ2v) is 8.20. The number of hydrazine groups is 1. The van der Waals surface area contributed by atoms with Gasteiger partial charge in [0, 0.05) is 41.0 Å². The lowest BCUT2D eigenvalue weighted by molar-refractivity contribution is 0.0124. The summed E-state index contributed by atoms with van der Waals surface area (Å²) in [5.74, 6) is 0.731. The summed E-state index contributed by atoms with van der Waals surface area (Å²) in [6.45, 7) is 4.30. The Morgan fingerprint density at radius 1 is 1.13 bits per heavy atom. The molecule has 162 valence electrons. The van der Waals surface area contributed by atoms with Crippen LogP contribution < -0.4 is 5.43 Å². The Balaban J connectivity index is 1.85. The van der Waals surface area contributed by atoms with E-state index in [1.165, 1.54) is 0 Å². The number of morpholine rings is 1. The molecule has 4 rings (SSSR count). The molecule has 2 aromatic heterocycles. The molecule has 1 aliphatic heterocycles. The molecule has 7 nitrogen and oxygen atoms in total. The van der Waals surface area contributed by atoms with Crippen molar-refractivity contribution < 1.29 is 9.53 Å². The number of nitrogens with one attached hydrogen (secondary N) is 1. The quantitative estimate of drug-likeness (QED) is 0.585. The van der Waals surface area contributed by atoms with E-state index in [-0.39, 0.29) is 5.91 Å². The number of hydrogen-bond donors (Lipinski definition) is 1. The molecular weight excluding hydrogens is 461 g/mol. The van der Waals surface area contributed by atoms with E-state index < -0.39 is 0 Å². The summed E-state index contributed by atoms with van der Waals surface area (Å²) in [5, 5.41) is 3.28. The van der Waals surface area contributed by atoms with Crippen molar-refractivity contribution in [1.82, 2.24) is 25.0 Å². The zero-order chi connectivity index (χ0) is 22.0. The van der Waals surface area contributed by atoms with Crippen molar-refractivity contribution >= 4 is 40.7 Å². The minimum absolute atomic E-state index is 0.300. The molecule has 0 radical (unpaired) electrons. The number of aromatic nitrogens is 3. The monoisotopic (exact) mass is 479 g/mol. The van der Waals surface area contributed by atoms with Crippen LogP contribution in [0.4, 0.5) is 0 Å². The first kappa shape index (κ1) is 22.0. The van der Waals surface area contributed by atoms with E-state index in [1.54, 1.807) is 36.5 Å². The van der Waals surface area contributed by atoms with E-state index in [2.05, 4.69) is 10.4 Å². The maximum atomic E-state index is 13.2. The van der Waals surface area contributed by atoms with E-state index in [9.17, 15) is 4.79 Å². The number of pyridine rings is 1. The fourth-order valence-electron chi connectivity index (χ4n) is 3.45. The van der Waals surface area contributed by atoms with Gasteiger partial charge in [0.25, 0.3) is 5.91 Å². The summed E-state index contributed by atoms with van der Waals surface area (Å²) in [5.41, 5.74) is 4.56. The Morgan fingerprint density at radius 2 is 1.87 bits per heavy atom. The number of ether oxygens (including phenoxy) is 1.